The van der Waals surface area contributed by atoms with E-state index in [9.17, 15) is 9.00 Å². The Hall–Kier alpha value is -2.63. The number of hydrogen-bond donors (Lipinski definition) is 2. The van der Waals surface area contributed by atoms with Gasteiger partial charge in [-0.15, -0.1) is 11.3 Å². The van der Waals surface area contributed by atoms with Gasteiger partial charge < -0.3 is 10.2 Å². The second-order valence-corrected chi connectivity index (χ2v) is 12.1. The molecule has 2 N–H and O–H groups in total. The van der Waals surface area contributed by atoms with Gasteiger partial charge in [-0.25, -0.2) is 28.7 Å². The van der Waals surface area contributed by atoms with Crippen molar-refractivity contribution in [1.29, 1.82) is 4.78 Å². The Morgan fingerprint density at radius 1 is 1.24 bits per heavy atom. The van der Waals surface area contributed by atoms with Crippen LogP contribution in [0.15, 0.2) is 41.0 Å². The van der Waals surface area contributed by atoms with Gasteiger partial charge in [0.15, 0.2) is 0 Å². The first kappa shape index (κ1) is 22.2. The Kier molecular flexibility index (Phi) is 5.58. The summed E-state index contributed by atoms with van der Waals surface area (Å²) in [5, 5.41) is 3.22. The predicted molar refractivity (Wildman–Crippen MR) is 128 cm³/mol. The number of amides is 2. The number of benzene rings is 1. The highest BCUT2D eigenvalue weighted by atomic mass is 32.2. The largest absolute Gasteiger partial charge is 0.331 e. The molecule has 2 unspecified atom stereocenters. The maximum atomic E-state index is 12.7. The molecule has 2 aromatic heterocycles. The van der Waals surface area contributed by atoms with Gasteiger partial charge in [0, 0.05) is 44.3 Å². The SMILES string of the molecule is CC(c1ccc2scnc2c1)N1CCC2(CC1)CN(Cc1ncc(S(C)(=N)=O)cn1)C(=O)N2. The van der Waals surface area contributed by atoms with Crippen LogP contribution in [0.3, 0.4) is 0 Å². The number of nitrogens with one attached hydrogen (secondary N) is 2. The van der Waals surface area contributed by atoms with Crippen molar-refractivity contribution in [2.45, 2.75) is 42.8 Å². The van der Waals surface area contributed by atoms with E-state index >= 15 is 0 Å². The quantitative estimate of drug-likeness (QED) is 0.573. The minimum absolute atomic E-state index is 0.0991. The zero-order valence-electron chi connectivity index (χ0n) is 18.7. The van der Waals surface area contributed by atoms with Crippen molar-refractivity contribution in [3.8, 4) is 0 Å². The third-order valence-electron chi connectivity index (χ3n) is 6.76. The zero-order valence-corrected chi connectivity index (χ0v) is 20.3. The molecule has 2 saturated heterocycles. The van der Waals surface area contributed by atoms with Crippen LogP contribution in [0, 0.1) is 4.78 Å². The topological polar surface area (TPSA) is 115 Å². The summed E-state index contributed by atoms with van der Waals surface area (Å²) in [6.45, 7) is 4.96. The fourth-order valence-corrected chi connectivity index (χ4v) is 5.84. The van der Waals surface area contributed by atoms with E-state index in [-0.39, 0.29) is 11.6 Å². The molecular weight excluding hydrogens is 458 g/mol. The highest BCUT2D eigenvalue weighted by molar-refractivity contribution is 7.91. The van der Waals surface area contributed by atoms with Crippen LogP contribution in [0.4, 0.5) is 4.79 Å². The number of piperidine rings is 1. The Labute approximate surface area is 197 Å². The monoisotopic (exact) mass is 485 g/mol. The Bertz CT molecular complexity index is 1280. The summed E-state index contributed by atoms with van der Waals surface area (Å²) >= 11 is 1.66. The number of thiazole rings is 1. The van der Waals surface area contributed by atoms with E-state index in [4.69, 9.17) is 4.78 Å². The van der Waals surface area contributed by atoms with Gasteiger partial charge >= 0.3 is 6.03 Å². The number of urea groups is 1. The fourth-order valence-electron chi connectivity index (χ4n) is 4.67. The summed E-state index contributed by atoms with van der Waals surface area (Å²) in [5.41, 5.74) is 3.97. The van der Waals surface area contributed by atoms with E-state index < -0.39 is 9.73 Å². The molecule has 11 heteroatoms. The number of fused-ring (bicyclic) bond motifs is 1. The molecule has 2 amide bonds. The van der Waals surface area contributed by atoms with Crippen LogP contribution in [0.1, 0.15) is 37.2 Å². The van der Waals surface area contributed by atoms with Crippen molar-refractivity contribution >= 4 is 37.3 Å². The second kappa shape index (κ2) is 8.30. The lowest BCUT2D eigenvalue weighted by atomic mass is 9.87. The molecule has 0 aliphatic carbocycles. The predicted octanol–water partition coefficient (Wildman–Crippen LogP) is 3.24. The van der Waals surface area contributed by atoms with Crippen LogP contribution in [-0.4, -0.2) is 66.4 Å². The molecule has 174 valence electrons. The van der Waals surface area contributed by atoms with Crippen LogP contribution in [0.25, 0.3) is 10.2 Å². The van der Waals surface area contributed by atoms with E-state index in [1.54, 1.807) is 16.2 Å². The first-order chi connectivity index (χ1) is 15.7. The number of carbonyl (C=O) groups is 1. The summed E-state index contributed by atoms with van der Waals surface area (Å²) in [7, 11) is -2.85. The molecule has 1 aromatic carbocycles. The highest BCUT2D eigenvalue weighted by Crippen LogP contribution is 2.33. The molecule has 2 fully saturated rings. The van der Waals surface area contributed by atoms with Gasteiger partial charge in [0.25, 0.3) is 0 Å². The number of carbonyl (C=O) groups excluding carboxylic acids is 1. The summed E-state index contributed by atoms with van der Waals surface area (Å²) in [6.07, 6.45) is 5.95. The van der Waals surface area contributed by atoms with Crippen LogP contribution in [-0.2, 0) is 16.3 Å². The van der Waals surface area contributed by atoms with Gasteiger partial charge in [0.2, 0.25) is 0 Å². The molecule has 3 aromatic rings. The summed E-state index contributed by atoms with van der Waals surface area (Å²) < 4.78 is 20.6. The summed E-state index contributed by atoms with van der Waals surface area (Å²) in [4.78, 5) is 30.1. The molecule has 9 nitrogen and oxygen atoms in total. The first-order valence-electron chi connectivity index (χ1n) is 10.9. The van der Waals surface area contributed by atoms with Crippen LogP contribution >= 0.6 is 11.3 Å². The fraction of sp³-hybridized carbons (Fsp3) is 0.455. The third-order valence-corrected chi connectivity index (χ3v) is 8.68. The minimum Gasteiger partial charge on any atom is -0.331 e. The molecular formula is C22H27N7O2S2. The lowest BCUT2D eigenvalue weighted by Crippen LogP contribution is -2.52. The molecule has 4 heterocycles. The van der Waals surface area contributed by atoms with Crippen molar-refractivity contribution in [2.75, 3.05) is 25.9 Å². The lowest BCUT2D eigenvalue weighted by molar-refractivity contribution is 0.115. The molecule has 2 aliphatic rings. The van der Waals surface area contributed by atoms with Crippen molar-refractivity contribution in [3.05, 3.63) is 47.5 Å². The van der Waals surface area contributed by atoms with E-state index in [1.807, 2.05) is 5.51 Å². The number of rotatable bonds is 5. The number of aromatic nitrogens is 3. The summed E-state index contributed by atoms with van der Waals surface area (Å²) in [5.74, 6) is 0.484. The minimum atomic E-state index is -2.85. The number of hydrogen-bond acceptors (Lipinski definition) is 8. The Morgan fingerprint density at radius 3 is 2.67 bits per heavy atom. The van der Waals surface area contributed by atoms with Crippen LogP contribution in [0.5, 0.6) is 0 Å². The van der Waals surface area contributed by atoms with E-state index in [1.165, 1.54) is 28.9 Å². The molecule has 5 rings (SSSR count). The maximum absolute atomic E-state index is 12.7. The van der Waals surface area contributed by atoms with E-state index in [0.717, 1.165) is 31.4 Å². The molecule has 1 spiro atoms. The van der Waals surface area contributed by atoms with E-state index in [2.05, 4.69) is 50.3 Å². The van der Waals surface area contributed by atoms with Gasteiger partial charge in [0.1, 0.15) is 5.82 Å². The highest BCUT2D eigenvalue weighted by Gasteiger charge is 2.45. The maximum Gasteiger partial charge on any atom is 0.318 e. The molecule has 0 radical (unpaired) electrons. The van der Waals surface area contributed by atoms with Gasteiger partial charge in [-0.05, 0) is 37.5 Å². The van der Waals surface area contributed by atoms with Gasteiger partial charge in [0.05, 0.1) is 42.4 Å². The van der Waals surface area contributed by atoms with Crippen molar-refractivity contribution in [1.82, 2.24) is 30.1 Å². The first-order valence-corrected chi connectivity index (χ1v) is 13.8. The van der Waals surface area contributed by atoms with Crippen molar-refractivity contribution in [2.24, 2.45) is 0 Å². The number of likely N-dealkylation sites (tertiary alicyclic amines) is 1. The van der Waals surface area contributed by atoms with Crippen LogP contribution < -0.4 is 5.32 Å². The van der Waals surface area contributed by atoms with Gasteiger partial charge in [-0.3, -0.25) is 4.90 Å². The smallest absolute Gasteiger partial charge is 0.318 e. The lowest BCUT2D eigenvalue weighted by Gasteiger charge is -2.41. The number of nitrogens with zero attached hydrogens (tertiary/aromatic N) is 5. The van der Waals surface area contributed by atoms with Crippen molar-refractivity contribution < 1.29 is 9.00 Å². The molecule has 33 heavy (non-hydrogen) atoms. The Morgan fingerprint density at radius 2 is 1.97 bits per heavy atom. The van der Waals surface area contributed by atoms with Crippen LogP contribution in [0.2, 0.25) is 0 Å². The average Bonchev–Trinajstić information content (AvgIpc) is 3.37. The van der Waals surface area contributed by atoms with Crippen molar-refractivity contribution in [3.63, 3.8) is 0 Å². The molecule has 0 saturated carbocycles. The van der Waals surface area contributed by atoms with Gasteiger partial charge in [-0.2, -0.15) is 0 Å². The standard InChI is InChI=1S/C22H27N7O2S2/c1-15(16-3-4-19-18(9-16)26-14-32-19)28-7-5-22(6-8-28)13-29(21(30)27-22)12-20-24-10-17(11-25-20)33(2,23)31/h3-4,9-11,14-15,23H,5-8,12-13H2,1-2H3,(H,27,30). The van der Waals surface area contributed by atoms with Gasteiger partial charge in [-0.1, -0.05) is 6.07 Å². The zero-order chi connectivity index (χ0) is 23.2. The van der Waals surface area contributed by atoms with E-state index in [0.29, 0.717) is 29.9 Å². The normalized spacial score (nSPS) is 21.3. The molecule has 2 aliphatic heterocycles. The Balaban J connectivity index is 1.21. The second-order valence-electron chi connectivity index (χ2n) is 9.04. The molecule has 0 bridgehead atoms. The third kappa shape index (κ3) is 4.44. The average molecular weight is 486 g/mol. The molecule has 2 atom stereocenters. The summed E-state index contributed by atoms with van der Waals surface area (Å²) in [6, 6.07) is 6.72.